The van der Waals surface area contributed by atoms with Crippen LogP contribution < -0.4 is 14.8 Å². The molecule has 1 N–H and O–H groups in total. The molecular weight excluding hydrogens is 428 g/mol. The normalized spacial score (nSPS) is 12.1. The number of pyridine rings is 1. The topological polar surface area (TPSA) is 77.5 Å². The molecule has 1 amide bonds. The lowest BCUT2D eigenvalue weighted by Gasteiger charge is -2.17. The van der Waals surface area contributed by atoms with Crippen LogP contribution in [0.1, 0.15) is 5.56 Å². The minimum Gasteiger partial charge on any atom is -0.493 e. The summed E-state index contributed by atoms with van der Waals surface area (Å²) < 4.78 is 11.0. The Morgan fingerprint density at radius 3 is 2.50 bits per heavy atom. The number of para-hydroxylation sites is 1. The number of carbonyl (C=O) groups is 2. The van der Waals surface area contributed by atoms with Gasteiger partial charge in [0.1, 0.15) is 6.61 Å². The summed E-state index contributed by atoms with van der Waals surface area (Å²) in [7, 11) is 1.55. The van der Waals surface area contributed by atoms with Gasteiger partial charge in [0.05, 0.1) is 30.6 Å². The molecule has 0 bridgehead atoms. The van der Waals surface area contributed by atoms with Gasteiger partial charge in [-0.15, -0.1) is 0 Å². The molecule has 168 valence electrons. The van der Waals surface area contributed by atoms with Gasteiger partial charge >= 0.3 is 0 Å². The van der Waals surface area contributed by atoms with Crippen LogP contribution in [0.25, 0.3) is 33.6 Å². The molecule has 6 heteroatoms. The number of aromatic nitrogens is 1. The minimum absolute atomic E-state index is 0.0840. The van der Waals surface area contributed by atoms with Gasteiger partial charge in [-0.2, -0.15) is 0 Å². The van der Waals surface area contributed by atoms with Crippen LogP contribution in [-0.2, 0) is 16.0 Å². The maximum Gasteiger partial charge on any atom is 0.228 e. The van der Waals surface area contributed by atoms with E-state index in [1.54, 1.807) is 13.2 Å². The summed E-state index contributed by atoms with van der Waals surface area (Å²) >= 11 is 0. The van der Waals surface area contributed by atoms with Crippen LogP contribution in [0.2, 0.25) is 0 Å². The first kappa shape index (κ1) is 21.4. The van der Waals surface area contributed by atoms with Crippen molar-refractivity contribution < 1.29 is 19.1 Å². The highest BCUT2D eigenvalue weighted by atomic mass is 16.5. The Labute approximate surface area is 197 Å². The van der Waals surface area contributed by atoms with Crippen molar-refractivity contribution in [2.75, 3.05) is 19.0 Å². The Morgan fingerprint density at radius 1 is 0.912 bits per heavy atom. The number of fused-ring (bicyclic) bond motifs is 3. The fraction of sp³-hybridized carbons (Fsp3) is 0.107. The number of methoxy groups -OCH3 is 1. The van der Waals surface area contributed by atoms with Crippen molar-refractivity contribution in [3.63, 3.8) is 0 Å². The quantitative estimate of drug-likeness (QED) is 0.411. The van der Waals surface area contributed by atoms with Crippen molar-refractivity contribution in [2.45, 2.75) is 6.42 Å². The van der Waals surface area contributed by atoms with Crippen molar-refractivity contribution in [1.82, 2.24) is 4.98 Å². The molecule has 1 aliphatic heterocycles. The summed E-state index contributed by atoms with van der Waals surface area (Å²) in [6.07, 6.45) is 0.872. The molecule has 1 aromatic heterocycles. The van der Waals surface area contributed by atoms with E-state index in [9.17, 15) is 9.59 Å². The Kier molecular flexibility index (Phi) is 5.79. The Morgan fingerprint density at radius 2 is 1.71 bits per heavy atom. The number of carbonyl (C=O) groups excluding carboxylic acids is 2. The highest BCUT2D eigenvalue weighted by Crippen LogP contribution is 2.41. The largest absolute Gasteiger partial charge is 0.493 e. The molecule has 3 aromatic carbocycles. The predicted octanol–water partition coefficient (Wildman–Crippen LogP) is 5.16. The van der Waals surface area contributed by atoms with E-state index < -0.39 is 0 Å². The average molecular weight is 450 g/mol. The zero-order chi connectivity index (χ0) is 23.5. The van der Waals surface area contributed by atoms with Crippen molar-refractivity contribution in [3.8, 4) is 45.1 Å². The van der Waals surface area contributed by atoms with Gasteiger partial charge in [-0.05, 0) is 41.0 Å². The number of ether oxygens (including phenoxy) is 2. The maximum atomic E-state index is 12.8. The van der Waals surface area contributed by atoms with Crippen LogP contribution in [0.5, 0.6) is 11.5 Å². The molecule has 6 nitrogen and oxygen atoms in total. The number of hydrogen-bond donors (Lipinski definition) is 1. The van der Waals surface area contributed by atoms with Crippen LogP contribution in [0.3, 0.4) is 0 Å². The predicted molar refractivity (Wildman–Crippen MR) is 131 cm³/mol. The summed E-state index contributed by atoms with van der Waals surface area (Å²) in [5.41, 5.74) is 6.67. The molecule has 5 rings (SSSR count). The second kappa shape index (κ2) is 9.19. The number of amides is 1. The Hall–Kier alpha value is -4.45. The third-order valence-corrected chi connectivity index (χ3v) is 5.77. The van der Waals surface area contributed by atoms with E-state index in [-0.39, 0.29) is 18.9 Å². The molecule has 0 unspecified atom stereocenters. The fourth-order valence-corrected chi connectivity index (χ4v) is 4.22. The third kappa shape index (κ3) is 4.01. The first-order valence-corrected chi connectivity index (χ1v) is 10.9. The van der Waals surface area contributed by atoms with Crippen molar-refractivity contribution in [3.05, 3.63) is 84.4 Å². The van der Waals surface area contributed by atoms with Gasteiger partial charge in [0.2, 0.25) is 5.91 Å². The number of rotatable bonds is 6. The molecule has 0 spiro atoms. The van der Waals surface area contributed by atoms with E-state index in [0.717, 1.165) is 44.9 Å². The minimum atomic E-state index is -0.104. The zero-order valence-corrected chi connectivity index (χ0v) is 18.6. The molecule has 0 radical (unpaired) electrons. The summed E-state index contributed by atoms with van der Waals surface area (Å²) in [4.78, 5) is 28.7. The van der Waals surface area contributed by atoms with Crippen molar-refractivity contribution in [2.24, 2.45) is 0 Å². The lowest BCUT2D eigenvalue weighted by atomic mass is 9.92. The highest BCUT2D eigenvalue weighted by molar-refractivity contribution is 6.02. The second-order valence-electron chi connectivity index (χ2n) is 7.86. The van der Waals surface area contributed by atoms with E-state index >= 15 is 0 Å². The summed E-state index contributed by atoms with van der Waals surface area (Å²) in [5.74, 6) is 0.877. The number of anilines is 1. The first-order chi connectivity index (χ1) is 16.7. The van der Waals surface area contributed by atoms with E-state index in [0.29, 0.717) is 17.8 Å². The van der Waals surface area contributed by atoms with Crippen LogP contribution in [0, 0.1) is 0 Å². The van der Waals surface area contributed by atoms with Gasteiger partial charge in [-0.25, -0.2) is 4.98 Å². The summed E-state index contributed by atoms with van der Waals surface area (Å²) in [6, 6.07) is 25.2. The lowest BCUT2D eigenvalue weighted by Crippen LogP contribution is -2.13. The number of nitrogens with zero attached hydrogens (tertiary/aromatic N) is 1. The molecule has 0 saturated heterocycles. The molecule has 0 fully saturated rings. The van der Waals surface area contributed by atoms with Crippen molar-refractivity contribution >= 4 is 17.9 Å². The molecule has 34 heavy (non-hydrogen) atoms. The monoisotopic (exact) mass is 450 g/mol. The smallest absolute Gasteiger partial charge is 0.228 e. The van der Waals surface area contributed by atoms with Gasteiger partial charge in [-0.3, -0.25) is 9.59 Å². The molecule has 0 aliphatic carbocycles. The van der Waals surface area contributed by atoms with E-state index in [1.807, 2.05) is 72.8 Å². The number of nitrogens with one attached hydrogen (secondary N) is 1. The van der Waals surface area contributed by atoms with Crippen LogP contribution in [0.15, 0.2) is 78.9 Å². The first-order valence-electron chi connectivity index (χ1n) is 10.9. The maximum absolute atomic E-state index is 12.8. The second-order valence-corrected chi connectivity index (χ2v) is 7.86. The molecule has 0 atom stereocenters. The average Bonchev–Trinajstić information content (AvgIpc) is 3.02. The van der Waals surface area contributed by atoms with Crippen LogP contribution in [0.4, 0.5) is 5.69 Å². The third-order valence-electron chi connectivity index (χ3n) is 5.77. The van der Waals surface area contributed by atoms with Gasteiger partial charge in [0, 0.05) is 11.1 Å². The van der Waals surface area contributed by atoms with Crippen LogP contribution in [-0.4, -0.2) is 30.9 Å². The van der Waals surface area contributed by atoms with Gasteiger partial charge in [0.25, 0.3) is 0 Å². The highest BCUT2D eigenvalue weighted by Gasteiger charge is 2.24. The Bertz CT molecular complexity index is 1380. The Balaban J connectivity index is 1.78. The fourth-order valence-electron chi connectivity index (χ4n) is 4.22. The molecule has 0 saturated carbocycles. The standard InChI is InChI=1S/C28H22N2O4/c1-33-25-12-11-19(15-26(25)34-14-13-31)21-16-24(18-7-3-2-4-8-18)30-28-20-9-5-6-10-23(20)29-27(32)17-22(21)28/h2-13,15-16H,14,17H2,1H3,(H,29,32). The van der Waals surface area contributed by atoms with Gasteiger partial charge < -0.3 is 14.8 Å². The molecular formula is C28H22N2O4. The van der Waals surface area contributed by atoms with Gasteiger partial charge in [0.15, 0.2) is 17.8 Å². The zero-order valence-electron chi connectivity index (χ0n) is 18.6. The molecule has 1 aliphatic rings. The number of hydrogen-bond acceptors (Lipinski definition) is 5. The number of benzene rings is 3. The molecule has 4 aromatic rings. The van der Waals surface area contributed by atoms with E-state index in [4.69, 9.17) is 14.5 Å². The SMILES string of the molecule is COc1ccc(-c2cc(-c3ccccc3)nc3c2CC(=O)Nc2ccccc2-3)cc1OCC=O. The summed E-state index contributed by atoms with van der Waals surface area (Å²) in [6.45, 7) is -0.0840. The van der Waals surface area contributed by atoms with Crippen molar-refractivity contribution in [1.29, 1.82) is 0 Å². The number of aldehydes is 1. The van der Waals surface area contributed by atoms with Gasteiger partial charge in [-0.1, -0.05) is 54.6 Å². The van der Waals surface area contributed by atoms with E-state index in [1.165, 1.54) is 0 Å². The van der Waals surface area contributed by atoms with E-state index in [2.05, 4.69) is 5.32 Å². The lowest BCUT2D eigenvalue weighted by molar-refractivity contribution is -0.115. The van der Waals surface area contributed by atoms with Crippen LogP contribution >= 0.6 is 0 Å². The summed E-state index contributed by atoms with van der Waals surface area (Å²) in [5, 5.41) is 3.00. The molecule has 2 heterocycles.